The topological polar surface area (TPSA) is 106 Å². The number of anilines is 2. The van der Waals surface area contributed by atoms with Gasteiger partial charge in [-0.05, 0) is 37.8 Å². The van der Waals surface area contributed by atoms with Gasteiger partial charge >= 0.3 is 0 Å². The summed E-state index contributed by atoms with van der Waals surface area (Å²) in [6.45, 7) is 4.31. The normalized spacial score (nSPS) is 15.0. The zero-order chi connectivity index (χ0) is 17.4. The van der Waals surface area contributed by atoms with Gasteiger partial charge in [-0.25, -0.2) is 15.0 Å². The van der Waals surface area contributed by atoms with E-state index in [2.05, 4.69) is 24.8 Å². The molecular formula is C17H21N7O. The van der Waals surface area contributed by atoms with E-state index in [4.69, 9.17) is 5.73 Å². The van der Waals surface area contributed by atoms with Gasteiger partial charge in [-0.1, -0.05) is 6.07 Å². The quantitative estimate of drug-likeness (QED) is 0.750. The second-order valence-electron chi connectivity index (χ2n) is 6.40. The Labute approximate surface area is 145 Å². The zero-order valence-corrected chi connectivity index (χ0v) is 14.2. The van der Waals surface area contributed by atoms with E-state index in [0.29, 0.717) is 23.5 Å². The molecule has 0 spiro atoms. The first-order valence-corrected chi connectivity index (χ1v) is 8.51. The summed E-state index contributed by atoms with van der Waals surface area (Å²) >= 11 is 0. The molecule has 4 rings (SSSR count). The summed E-state index contributed by atoms with van der Waals surface area (Å²) in [4.78, 5) is 19.4. The highest BCUT2D eigenvalue weighted by Gasteiger charge is 2.16. The molecule has 0 aromatic carbocycles. The molecule has 8 heteroatoms. The van der Waals surface area contributed by atoms with Crippen LogP contribution in [0.2, 0.25) is 0 Å². The van der Waals surface area contributed by atoms with E-state index in [9.17, 15) is 5.11 Å². The minimum Gasteiger partial charge on any atom is -0.480 e. The third-order valence-corrected chi connectivity index (χ3v) is 4.54. The van der Waals surface area contributed by atoms with Gasteiger partial charge in [-0.2, -0.15) is 4.98 Å². The number of piperidine rings is 1. The van der Waals surface area contributed by atoms with Crippen molar-refractivity contribution in [2.45, 2.75) is 32.7 Å². The highest BCUT2D eigenvalue weighted by Crippen LogP contribution is 2.24. The van der Waals surface area contributed by atoms with Gasteiger partial charge in [-0.3, -0.25) is 4.57 Å². The van der Waals surface area contributed by atoms with E-state index in [-0.39, 0.29) is 11.8 Å². The molecule has 0 aliphatic carbocycles. The molecule has 1 fully saturated rings. The van der Waals surface area contributed by atoms with Crippen LogP contribution in [-0.2, 0) is 6.54 Å². The van der Waals surface area contributed by atoms with Gasteiger partial charge in [0.1, 0.15) is 11.6 Å². The number of pyridine rings is 1. The summed E-state index contributed by atoms with van der Waals surface area (Å²) in [7, 11) is 0. The Kier molecular flexibility index (Phi) is 3.87. The molecule has 25 heavy (non-hydrogen) atoms. The molecule has 8 nitrogen and oxygen atoms in total. The highest BCUT2D eigenvalue weighted by molar-refractivity contribution is 5.82. The van der Waals surface area contributed by atoms with Crippen LogP contribution >= 0.6 is 0 Å². The molecule has 0 saturated carbocycles. The Morgan fingerprint density at radius 1 is 1.12 bits per heavy atom. The van der Waals surface area contributed by atoms with Gasteiger partial charge in [0.25, 0.3) is 6.01 Å². The number of imidazole rings is 1. The summed E-state index contributed by atoms with van der Waals surface area (Å²) < 4.78 is 1.62. The average molecular weight is 339 g/mol. The second kappa shape index (κ2) is 6.19. The average Bonchev–Trinajstić information content (AvgIpc) is 2.93. The summed E-state index contributed by atoms with van der Waals surface area (Å²) in [6, 6.07) is 3.94. The first-order valence-electron chi connectivity index (χ1n) is 8.51. The van der Waals surface area contributed by atoms with E-state index in [0.717, 1.165) is 24.5 Å². The lowest BCUT2D eigenvalue weighted by Crippen LogP contribution is -2.30. The number of nitrogens with two attached hydrogens (primary N) is 1. The maximum atomic E-state index is 10.2. The molecule has 1 aliphatic rings. The fourth-order valence-corrected chi connectivity index (χ4v) is 3.27. The highest BCUT2D eigenvalue weighted by atomic mass is 16.3. The largest absolute Gasteiger partial charge is 0.480 e. The van der Waals surface area contributed by atoms with Crippen molar-refractivity contribution in [2.24, 2.45) is 0 Å². The lowest BCUT2D eigenvalue weighted by Gasteiger charge is -2.27. The number of nitrogen functional groups attached to an aromatic ring is 1. The lowest BCUT2D eigenvalue weighted by atomic mass is 10.1. The number of hydrogen-bond donors (Lipinski definition) is 2. The van der Waals surface area contributed by atoms with Crippen molar-refractivity contribution in [1.29, 1.82) is 0 Å². The molecule has 0 unspecified atom stereocenters. The molecular weight excluding hydrogens is 318 g/mol. The van der Waals surface area contributed by atoms with Crippen LogP contribution in [0.3, 0.4) is 0 Å². The Bertz CT molecular complexity index is 897. The van der Waals surface area contributed by atoms with Gasteiger partial charge in [0, 0.05) is 19.3 Å². The van der Waals surface area contributed by atoms with E-state index >= 15 is 0 Å². The van der Waals surface area contributed by atoms with Crippen molar-refractivity contribution in [3.05, 3.63) is 29.7 Å². The Hall–Kier alpha value is -2.90. The smallest absolute Gasteiger partial charge is 0.296 e. The van der Waals surface area contributed by atoms with Crippen LogP contribution in [0.5, 0.6) is 6.01 Å². The monoisotopic (exact) mass is 339 g/mol. The molecule has 3 aromatic rings. The number of fused-ring (bicyclic) bond motifs is 1. The number of hydrogen-bond acceptors (Lipinski definition) is 7. The molecule has 0 amide bonds. The molecule has 0 atom stereocenters. The molecule has 1 aliphatic heterocycles. The number of nitrogens with zero attached hydrogens (tertiary/aromatic N) is 6. The predicted molar refractivity (Wildman–Crippen MR) is 95.5 cm³/mol. The van der Waals surface area contributed by atoms with Crippen molar-refractivity contribution >= 4 is 22.8 Å². The Morgan fingerprint density at radius 2 is 1.92 bits per heavy atom. The van der Waals surface area contributed by atoms with Crippen LogP contribution in [0.25, 0.3) is 11.2 Å². The molecule has 3 aromatic heterocycles. The number of aryl methyl sites for hydroxylation is 1. The van der Waals surface area contributed by atoms with Crippen molar-refractivity contribution in [3.8, 4) is 6.01 Å². The Balaban J connectivity index is 1.62. The first kappa shape index (κ1) is 15.6. The Morgan fingerprint density at radius 3 is 2.64 bits per heavy atom. The molecule has 0 bridgehead atoms. The standard InChI is InChI=1S/C17H21N7O/c1-11-20-15(18)14-16(21-11)24(17(25)22-14)10-12-5-6-13(19-9-12)23-7-3-2-4-8-23/h5-6,9H,2-4,7-8,10H2,1H3,(H,22,25)(H2,18,20,21). The fourth-order valence-electron chi connectivity index (χ4n) is 3.27. The maximum Gasteiger partial charge on any atom is 0.296 e. The van der Waals surface area contributed by atoms with E-state index in [1.165, 1.54) is 19.3 Å². The number of rotatable bonds is 3. The van der Waals surface area contributed by atoms with Crippen LogP contribution in [0, 0.1) is 6.92 Å². The predicted octanol–water partition coefficient (Wildman–Crippen LogP) is 1.86. The second-order valence-corrected chi connectivity index (χ2v) is 6.40. The maximum absolute atomic E-state index is 10.2. The van der Waals surface area contributed by atoms with Crippen molar-refractivity contribution in [2.75, 3.05) is 23.7 Å². The molecule has 0 radical (unpaired) electrons. The van der Waals surface area contributed by atoms with E-state index < -0.39 is 0 Å². The summed E-state index contributed by atoms with van der Waals surface area (Å²) in [6.07, 6.45) is 5.58. The first-order chi connectivity index (χ1) is 12.1. The van der Waals surface area contributed by atoms with Crippen molar-refractivity contribution in [1.82, 2.24) is 24.5 Å². The molecule has 3 N–H and O–H groups in total. The summed E-state index contributed by atoms with van der Waals surface area (Å²) in [5, 5.41) is 10.2. The fraction of sp³-hybridized carbons (Fsp3) is 0.412. The van der Waals surface area contributed by atoms with E-state index in [1.807, 2.05) is 18.3 Å². The number of aromatic nitrogens is 5. The zero-order valence-electron chi connectivity index (χ0n) is 14.2. The summed E-state index contributed by atoms with van der Waals surface area (Å²) in [5.41, 5.74) is 7.79. The van der Waals surface area contributed by atoms with Crippen LogP contribution in [0.15, 0.2) is 18.3 Å². The SMILES string of the molecule is Cc1nc(N)c2nc(O)n(Cc3ccc(N4CCCCC4)nc3)c2n1. The van der Waals surface area contributed by atoms with Gasteiger partial charge in [0.2, 0.25) is 0 Å². The van der Waals surface area contributed by atoms with Gasteiger partial charge in [0.15, 0.2) is 17.0 Å². The minimum absolute atomic E-state index is 0.123. The third-order valence-electron chi connectivity index (χ3n) is 4.54. The summed E-state index contributed by atoms with van der Waals surface area (Å²) in [5.74, 6) is 1.82. The van der Waals surface area contributed by atoms with Gasteiger partial charge in [0.05, 0.1) is 6.54 Å². The molecule has 4 heterocycles. The molecule has 1 saturated heterocycles. The lowest BCUT2D eigenvalue weighted by molar-refractivity contribution is 0.408. The number of aromatic hydroxyl groups is 1. The van der Waals surface area contributed by atoms with Gasteiger partial charge in [-0.15, -0.1) is 0 Å². The van der Waals surface area contributed by atoms with Crippen LogP contribution in [-0.4, -0.2) is 42.7 Å². The third kappa shape index (κ3) is 2.95. The molecule has 130 valence electrons. The van der Waals surface area contributed by atoms with Crippen LogP contribution in [0.1, 0.15) is 30.7 Å². The van der Waals surface area contributed by atoms with Crippen LogP contribution in [0.4, 0.5) is 11.6 Å². The van der Waals surface area contributed by atoms with Gasteiger partial charge < -0.3 is 15.7 Å². The van der Waals surface area contributed by atoms with Crippen molar-refractivity contribution in [3.63, 3.8) is 0 Å². The van der Waals surface area contributed by atoms with E-state index in [1.54, 1.807) is 11.5 Å². The van der Waals surface area contributed by atoms with Crippen LogP contribution < -0.4 is 10.6 Å². The van der Waals surface area contributed by atoms with Crippen molar-refractivity contribution < 1.29 is 5.11 Å². The minimum atomic E-state index is -0.123.